The van der Waals surface area contributed by atoms with E-state index < -0.39 is 9.84 Å². The minimum absolute atomic E-state index is 0.151. The molecule has 0 spiro atoms. The molecule has 0 saturated carbocycles. The van der Waals surface area contributed by atoms with Crippen LogP contribution in [-0.2, 0) is 16.4 Å². The Morgan fingerprint density at radius 2 is 2.09 bits per heavy atom. The number of pyridine rings is 1. The van der Waals surface area contributed by atoms with Crippen LogP contribution >= 0.6 is 0 Å². The first kappa shape index (κ1) is 15.4. The zero-order chi connectivity index (χ0) is 16.6. The highest BCUT2D eigenvalue weighted by molar-refractivity contribution is 7.90. The van der Waals surface area contributed by atoms with Gasteiger partial charge in [-0.3, -0.25) is 10.1 Å². The summed E-state index contributed by atoms with van der Waals surface area (Å²) in [5, 5.41) is 20.2. The van der Waals surface area contributed by atoms with Crippen LogP contribution in [0.15, 0.2) is 35.4 Å². The van der Waals surface area contributed by atoms with E-state index >= 15 is 0 Å². The molecule has 120 valence electrons. The van der Waals surface area contributed by atoms with E-state index in [1.54, 1.807) is 24.4 Å². The number of aromatic amines is 1. The molecule has 0 unspecified atom stereocenters. The third-order valence-electron chi connectivity index (χ3n) is 3.63. The summed E-state index contributed by atoms with van der Waals surface area (Å²) in [4.78, 5) is 4.47. The molecule has 2 aromatic heterocycles. The molecule has 0 aliphatic rings. The van der Waals surface area contributed by atoms with Crippen molar-refractivity contribution < 1.29 is 13.5 Å². The Morgan fingerprint density at radius 3 is 2.78 bits per heavy atom. The van der Waals surface area contributed by atoms with E-state index in [2.05, 4.69) is 20.5 Å². The first-order valence-electron chi connectivity index (χ1n) is 6.90. The summed E-state index contributed by atoms with van der Waals surface area (Å²) in [5.74, 6) is 0.502. The Balaban J connectivity index is 2.13. The summed E-state index contributed by atoms with van der Waals surface area (Å²) in [5.41, 5.74) is 2.77. The van der Waals surface area contributed by atoms with E-state index in [1.165, 1.54) is 12.3 Å². The molecule has 0 amide bonds. The van der Waals surface area contributed by atoms with Crippen molar-refractivity contribution in [3.63, 3.8) is 0 Å². The molecule has 0 fully saturated rings. The summed E-state index contributed by atoms with van der Waals surface area (Å²) in [6.45, 7) is 1.67. The average molecular weight is 332 g/mol. The van der Waals surface area contributed by atoms with Gasteiger partial charge in [0, 0.05) is 29.1 Å². The van der Waals surface area contributed by atoms with Gasteiger partial charge in [0.2, 0.25) is 0 Å². The highest BCUT2D eigenvalue weighted by atomic mass is 32.2. The summed E-state index contributed by atoms with van der Waals surface area (Å²) < 4.78 is 23.5. The monoisotopic (exact) mass is 332 g/mol. The molecule has 0 aliphatic heterocycles. The second-order valence-corrected chi connectivity index (χ2v) is 7.28. The van der Waals surface area contributed by atoms with E-state index in [0.717, 1.165) is 5.69 Å². The van der Waals surface area contributed by atoms with Crippen LogP contribution in [0.4, 0.5) is 11.5 Å². The number of fused-ring (bicyclic) bond motifs is 1. The number of aryl methyl sites for hydroxylation is 1. The Labute approximate surface area is 133 Å². The molecule has 1 aromatic carbocycles. The van der Waals surface area contributed by atoms with Crippen molar-refractivity contribution in [1.82, 2.24) is 15.2 Å². The predicted octanol–water partition coefficient (Wildman–Crippen LogP) is 1.91. The van der Waals surface area contributed by atoms with E-state index in [-0.39, 0.29) is 11.5 Å². The first-order chi connectivity index (χ1) is 10.9. The lowest BCUT2D eigenvalue weighted by atomic mass is 10.2. The van der Waals surface area contributed by atoms with Gasteiger partial charge in [-0.05, 0) is 31.2 Å². The largest absolute Gasteiger partial charge is 0.391 e. The van der Waals surface area contributed by atoms with Crippen LogP contribution in [0.2, 0.25) is 0 Å². The molecule has 3 rings (SSSR count). The number of rotatable bonds is 4. The number of nitrogens with zero attached hydrogens (tertiary/aromatic N) is 2. The number of anilines is 2. The highest BCUT2D eigenvalue weighted by Gasteiger charge is 2.13. The lowest BCUT2D eigenvalue weighted by Gasteiger charge is -2.09. The van der Waals surface area contributed by atoms with Crippen LogP contribution in [0.3, 0.4) is 0 Å². The lowest BCUT2D eigenvalue weighted by molar-refractivity contribution is 0.282. The van der Waals surface area contributed by atoms with E-state index in [9.17, 15) is 13.5 Å². The third kappa shape index (κ3) is 2.90. The fourth-order valence-corrected chi connectivity index (χ4v) is 2.99. The lowest BCUT2D eigenvalue weighted by Crippen LogP contribution is -2.00. The van der Waals surface area contributed by atoms with Gasteiger partial charge in [0.25, 0.3) is 0 Å². The van der Waals surface area contributed by atoms with Gasteiger partial charge in [-0.2, -0.15) is 5.10 Å². The number of hydrogen-bond acceptors (Lipinski definition) is 6. The number of aliphatic hydroxyl groups is 1. The minimum atomic E-state index is -3.31. The van der Waals surface area contributed by atoms with Crippen LogP contribution in [0.5, 0.6) is 0 Å². The van der Waals surface area contributed by atoms with E-state index in [0.29, 0.717) is 28.0 Å². The maximum Gasteiger partial charge on any atom is 0.175 e. The van der Waals surface area contributed by atoms with Crippen molar-refractivity contribution in [3.05, 3.63) is 41.7 Å². The Kier molecular flexibility index (Phi) is 3.78. The Bertz CT molecular complexity index is 980. The topological polar surface area (TPSA) is 108 Å². The molecule has 0 saturated heterocycles. The molecule has 0 aliphatic carbocycles. The van der Waals surface area contributed by atoms with Gasteiger partial charge < -0.3 is 10.4 Å². The predicted molar refractivity (Wildman–Crippen MR) is 87.4 cm³/mol. The number of nitrogens with one attached hydrogen (secondary N) is 2. The van der Waals surface area contributed by atoms with Crippen LogP contribution in [-0.4, -0.2) is 35.0 Å². The molecule has 3 aromatic rings. The van der Waals surface area contributed by atoms with Crippen molar-refractivity contribution in [3.8, 4) is 0 Å². The number of benzene rings is 1. The standard InChI is InChI=1S/C15H16N4O3S/c1-9-12(8-20)15(19-18-9)17-14-5-6-16-13-4-3-10(7-11(13)14)23(2,21)22/h3-7,20H,8H2,1-2H3,(H2,16,17,18,19). The fraction of sp³-hybridized carbons (Fsp3) is 0.200. The van der Waals surface area contributed by atoms with Crippen molar-refractivity contribution >= 4 is 32.2 Å². The van der Waals surface area contributed by atoms with Gasteiger partial charge >= 0.3 is 0 Å². The van der Waals surface area contributed by atoms with Crippen molar-refractivity contribution in [1.29, 1.82) is 0 Å². The fourth-order valence-electron chi connectivity index (χ4n) is 2.34. The van der Waals surface area contributed by atoms with E-state index in [4.69, 9.17) is 0 Å². The summed E-state index contributed by atoms with van der Waals surface area (Å²) in [6, 6.07) is 6.52. The number of hydrogen-bond donors (Lipinski definition) is 3. The summed E-state index contributed by atoms with van der Waals surface area (Å²) in [7, 11) is -3.31. The van der Waals surface area contributed by atoms with Crippen molar-refractivity contribution in [2.75, 3.05) is 11.6 Å². The molecule has 8 heteroatoms. The summed E-state index contributed by atoms with van der Waals surface area (Å²) >= 11 is 0. The molecule has 0 bridgehead atoms. The van der Waals surface area contributed by atoms with Crippen LogP contribution in [0.1, 0.15) is 11.3 Å². The van der Waals surface area contributed by atoms with Crippen LogP contribution in [0, 0.1) is 6.92 Å². The molecule has 7 nitrogen and oxygen atoms in total. The maximum absolute atomic E-state index is 11.8. The Morgan fingerprint density at radius 1 is 1.30 bits per heavy atom. The molecule has 2 heterocycles. The summed E-state index contributed by atoms with van der Waals surface area (Å²) in [6.07, 6.45) is 2.79. The van der Waals surface area contributed by atoms with Gasteiger partial charge in [-0.25, -0.2) is 8.42 Å². The average Bonchev–Trinajstić information content (AvgIpc) is 2.86. The van der Waals surface area contributed by atoms with Crippen molar-refractivity contribution in [2.45, 2.75) is 18.4 Å². The normalized spacial score (nSPS) is 11.8. The molecular weight excluding hydrogens is 316 g/mol. The van der Waals surface area contributed by atoms with Gasteiger partial charge in [0.1, 0.15) is 0 Å². The highest BCUT2D eigenvalue weighted by Crippen LogP contribution is 2.28. The smallest absolute Gasteiger partial charge is 0.175 e. The van der Waals surface area contributed by atoms with Gasteiger partial charge in [-0.1, -0.05) is 0 Å². The van der Waals surface area contributed by atoms with E-state index in [1.807, 2.05) is 6.92 Å². The quantitative estimate of drug-likeness (QED) is 0.673. The SMILES string of the molecule is Cc1[nH]nc(Nc2ccnc3ccc(S(C)(=O)=O)cc23)c1CO. The van der Waals surface area contributed by atoms with Crippen LogP contribution < -0.4 is 5.32 Å². The third-order valence-corrected chi connectivity index (χ3v) is 4.74. The second kappa shape index (κ2) is 5.64. The molecule has 23 heavy (non-hydrogen) atoms. The van der Waals surface area contributed by atoms with Crippen LogP contribution in [0.25, 0.3) is 10.9 Å². The molecular formula is C15H16N4O3S. The molecule has 0 atom stereocenters. The maximum atomic E-state index is 11.8. The zero-order valence-electron chi connectivity index (χ0n) is 12.7. The first-order valence-corrected chi connectivity index (χ1v) is 8.80. The van der Waals surface area contributed by atoms with Gasteiger partial charge in [0.15, 0.2) is 15.7 Å². The number of sulfone groups is 1. The minimum Gasteiger partial charge on any atom is -0.391 e. The molecule has 3 N–H and O–H groups in total. The van der Waals surface area contributed by atoms with Crippen molar-refractivity contribution in [2.24, 2.45) is 0 Å². The second-order valence-electron chi connectivity index (χ2n) is 5.27. The van der Waals surface area contributed by atoms with Gasteiger partial charge in [-0.15, -0.1) is 0 Å². The number of H-pyrrole nitrogens is 1. The van der Waals surface area contributed by atoms with Gasteiger partial charge in [0.05, 0.1) is 22.7 Å². The Hall–Kier alpha value is -2.45. The number of aromatic nitrogens is 3. The zero-order valence-corrected chi connectivity index (χ0v) is 13.5. The molecule has 0 radical (unpaired) electrons. The number of aliphatic hydroxyl groups excluding tert-OH is 1.